The number of aliphatic hydroxyl groups is 1. The minimum Gasteiger partial charge on any atom is -0.488 e. The number of carbonyl (C=O) groups is 2. The molecular formula is C35H40N4O4. The zero-order chi connectivity index (χ0) is 30.3. The van der Waals surface area contributed by atoms with Gasteiger partial charge in [0.2, 0.25) is 5.91 Å². The summed E-state index contributed by atoms with van der Waals surface area (Å²) in [6, 6.07) is 28.7. The molecule has 4 aromatic carbocycles. The number of fused-ring (bicyclic) bond motifs is 2. The summed E-state index contributed by atoms with van der Waals surface area (Å²) in [4.78, 5) is 30.5. The van der Waals surface area contributed by atoms with Crippen LogP contribution in [0.4, 0.5) is 16.2 Å². The molecular weight excluding hydrogens is 540 g/mol. The van der Waals surface area contributed by atoms with Crippen LogP contribution in [-0.4, -0.2) is 65.7 Å². The van der Waals surface area contributed by atoms with Crippen LogP contribution in [0.15, 0.2) is 91.0 Å². The van der Waals surface area contributed by atoms with Crippen LogP contribution >= 0.6 is 0 Å². The molecule has 4 aromatic rings. The number of hydrogen-bond donors (Lipinski definition) is 3. The van der Waals surface area contributed by atoms with E-state index in [1.165, 1.54) is 5.56 Å². The molecule has 0 unspecified atom stereocenters. The lowest BCUT2D eigenvalue weighted by Crippen LogP contribution is -2.47. The van der Waals surface area contributed by atoms with Crippen molar-refractivity contribution in [3.8, 4) is 5.75 Å². The fourth-order valence-electron chi connectivity index (χ4n) is 5.61. The number of nitrogens with zero attached hydrogens (tertiary/aromatic N) is 2. The molecule has 0 saturated heterocycles. The van der Waals surface area contributed by atoms with E-state index in [1.807, 2.05) is 73.7 Å². The van der Waals surface area contributed by atoms with Crippen LogP contribution < -0.4 is 15.4 Å². The molecule has 0 spiro atoms. The zero-order valence-electron chi connectivity index (χ0n) is 25.0. The van der Waals surface area contributed by atoms with Gasteiger partial charge in [0.1, 0.15) is 11.9 Å². The number of anilines is 2. The van der Waals surface area contributed by atoms with Crippen molar-refractivity contribution in [3.63, 3.8) is 0 Å². The number of likely N-dealkylation sites (N-methyl/N-ethyl adjacent to an activating group) is 1. The Kier molecular flexibility index (Phi) is 9.59. The Labute approximate surface area is 253 Å². The summed E-state index contributed by atoms with van der Waals surface area (Å²) in [5.41, 5.74) is 3.17. The molecule has 0 fully saturated rings. The van der Waals surface area contributed by atoms with Crippen LogP contribution in [0.1, 0.15) is 25.0 Å². The van der Waals surface area contributed by atoms with Gasteiger partial charge in [0.25, 0.3) is 0 Å². The molecule has 0 aliphatic carbocycles. The first-order valence-electron chi connectivity index (χ1n) is 14.8. The minimum absolute atomic E-state index is 0.00592. The molecule has 3 atom stereocenters. The Hall–Kier alpha value is -4.40. The van der Waals surface area contributed by atoms with Gasteiger partial charge in [0.15, 0.2) is 0 Å². The van der Waals surface area contributed by atoms with Gasteiger partial charge in [-0.05, 0) is 49.2 Å². The van der Waals surface area contributed by atoms with E-state index in [1.54, 1.807) is 17.0 Å². The molecule has 43 heavy (non-hydrogen) atoms. The van der Waals surface area contributed by atoms with E-state index in [2.05, 4.69) is 41.6 Å². The number of ether oxygens (including phenoxy) is 1. The van der Waals surface area contributed by atoms with Gasteiger partial charge in [-0.15, -0.1) is 0 Å². The molecule has 8 nitrogen and oxygen atoms in total. The maximum absolute atomic E-state index is 13.5. The fraction of sp³-hybridized carbons (Fsp3) is 0.314. The second-order valence-corrected chi connectivity index (χ2v) is 11.5. The van der Waals surface area contributed by atoms with Crippen molar-refractivity contribution < 1.29 is 19.4 Å². The molecule has 1 aliphatic rings. The second kappa shape index (κ2) is 13.7. The van der Waals surface area contributed by atoms with Crippen LogP contribution in [-0.2, 0) is 17.8 Å². The number of hydrogen-bond acceptors (Lipinski definition) is 5. The van der Waals surface area contributed by atoms with Crippen molar-refractivity contribution in [2.24, 2.45) is 5.92 Å². The maximum Gasteiger partial charge on any atom is 0.323 e. The molecule has 1 aliphatic heterocycles. The average molecular weight is 581 g/mol. The molecule has 224 valence electrons. The lowest BCUT2D eigenvalue weighted by molar-refractivity contribution is -0.134. The predicted molar refractivity (Wildman–Crippen MR) is 171 cm³/mol. The van der Waals surface area contributed by atoms with Gasteiger partial charge in [0.05, 0.1) is 24.8 Å². The molecule has 5 rings (SSSR count). The predicted octanol–water partition coefficient (Wildman–Crippen LogP) is 5.76. The van der Waals surface area contributed by atoms with E-state index in [0.717, 1.165) is 17.3 Å². The third-order valence-corrected chi connectivity index (χ3v) is 8.00. The third kappa shape index (κ3) is 7.52. The Morgan fingerprint density at radius 2 is 1.77 bits per heavy atom. The lowest BCUT2D eigenvalue weighted by atomic mass is 10.0. The van der Waals surface area contributed by atoms with E-state index in [0.29, 0.717) is 35.8 Å². The zero-order valence-corrected chi connectivity index (χ0v) is 25.0. The van der Waals surface area contributed by atoms with Crippen LogP contribution in [0.5, 0.6) is 5.75 Å². The van der Waals surface area contributed by atoms with Gasteiger partial charge >= 0.3 is 6.03 Å². The quantitative estimate of drug-likeness (QED) is 0.246. The topological polar surface area (TPSA) is 94.1 Å². The number of aliphatic hydroxyl groups excluding tert-OH is 1. The number of benzene rings is 4. The van der Waals surface area contributed by atoms with Crippen molar-refractivity contribution in [1.82, 2.24) is 9.80 Å². The van der Waals surface area contributed by atoms with Crippen LogP contribution in [0.3, 0.4) is 0 Å². The number of urea groups is 1. The molecule has 0 saturated carbocycles. The van der Waals surface area contributed by atoms with Gasteiger partial charge < -0.3 is 25.4 Å². The Bertz CT molecular complexity index is 1560. The highest BCUT2D eigenvalue weighted by Gasteiger charge is 2.31. The molecule has 0 radical (unpaired) electrons. The molecule has 8 heteroatoms. The summed E-state index contributed by atoms with van der Waals surface area (Å²) in [5, 5.41) is 17.8. The van der Waals surface area contributed by atoms with E-state index in [4.69, 9.17) is 4.74 Å². The number of amides is 3. The average Bonchev–Trinajstić information content (AvgIpc) is 3.04. The van der Waals surface area contributed by atoms with E-state index >= 15 is 0 Å². The number of rotatable bonds is 8. The molecule has 0 bridgehead atoms. The maximum atomic E-state index is 13.5. The van der Waals surface area contributed by atoms with E-state index in [9.17, 15) is 14.7 Å². The standard InChI is InChI=1S/C35H40N4O4/c1-24-20-39(25(2)23-40)34(41)19-28-18-29(36-35(42)37-31-15-9-13-27-12-7-8-14-30(27)31)16-17-32(28)43-33(24)22-38(3)21-26-10-5-4-6-11-26/h4-18,24-25,33,40H,19-23H2,1-3H3,(H2,36,37,42)/t24-,25-,33-/m1/s1. The largest absolute Gasteiger partial charge is 0.488 e. The highest BCUT2D eigenvalue weighted by atomic mass is 16.5. The van der Waals surface area contributed by atoms with Gasteiger partial charge in [0, 0.05) is 42.2 Å². The van der Waals surface area contributed by atoms with Gasteiger partial charge in [-0.1, -0.05) is 73.7 Å². The summed E-state index contributed by atoms with van der Waals surface area (Å²) in [5.74, 6) is 0.539. The highest BCUT2D eigenvalue weighted by molar-refractivity contribution is 6.06. The summed E-state index contributed by atoms with van der Waals surface area (Å²) in [7, 11) is 2.07. The van der Waals surface area contributed by atoms with Crippen molar-refractivity contribution in [1.29, 1.82) is 0 Å². The van der Waals surface area contributed by atoms with Crippen LogP contribution in [0.25, 0.3) is 10.8 Å². The van der Waals surface area contributed by atoms with Crippen molar-refractivity contribution in [2.75, 3.05) is 37.4 Å². The number of carbonyl (C=O) groups excluding carboxylic acids is 2. The molecule has 1 heterocycles. The van der Waals surface area contributed by atoms with Crippen molar-refractivity contribution in [3.05, 3.63) is 102 Å². The lowest BCUT2D eigenvalue weighted by Gasteiger charge is -2.34. The van der Waals surface area contributed by atoms with E-state index in [-0.39, 0.29) is 43.0 Å². The Morgan fingerprint density at radius 3 is 2.56 bits per heavy atom. The summed E-state index contributed by atoms with van der Waals surface area (Å²) >= 11 is 0. The molecule has 3 amide bonds. The van der Waals surface area contributed by atoms with Crippen molar-refractivity contribution in [2.45, 2.75) is 39.0 Å². The number of nitrogens with one attached hydrogen (secondary N) is 2. The van der Waals surface area contributed by atoms with Crippen LogP contribution in [0.2, 0.25) is 0 Å². The molecule has 0 aromatic heterocycles. The summed E-state index contributed by atoms with van der Waals surface area (Å²) in [6.07, 6.45) is -0.111. The smallest absolute Gasteiger partial charge is 0.323 e. The van der Waals surface area contributed by atoms with Gasteiger partial charge in [-0.3, -0.25) is 9.69 Å². The second-order valence-electron chi connectivity index (χ2n) is 11.5. The van der Waals surface area contributed by atoms with Crippen molar-refractivity contribution >= 4 is 34.1 Å². The van der Waals surface area contributed by atoms with Gasteiger partial charge in [-0.25, -0.2) is 4.79 Å². The first kappa shape index (κ1) is 30.1. The summed E-state index contributed by atoms with van der Waals surface area (Å²) in [6.45, 7) is 5.71. The normalized spacial score (nSPS) is 17.8. The SMILES string of the molecule is C[C@@H]1CN([C@H](C)CO)C(=O)Cc2cc(NC(=O)Nc3cccc4ccccc34)ccc2O[C@@H]1CN(C)Cc1ccccc1. The monoisotopic (exact) mass is 580 g/mol. The first-order chi connectivity index (χ1) is 20.8. The highest BCUT2D eigenvalue weighted by Crippen LogP contribution is 2.30. The van der Waals surface area contributed by atoms with E-state index < -0.39 is 0 Å². The van der Waals surface area contributed by atoms with Gasteiger partial charge in [-0.2, -0.15) is 0 Å². The first-order valence-corrected chi connectivity index (χ1v) is 14.8. The minimum atomic E-state index is -0.379. The summed E-state index contributed by atoms with van der Waals surface area (Å²) < 4.78 is 6.64. The third-order valence-electron chi connectivity index (χ3n) is 8.00. The fourth-order valence-corrected chi connectivity index (χ4v) is 5.61. The Morgan fingerprint density at radius 1 is 1.02 bits per heavy atom. The Balaban J connectivity index is 1.37. The molecule has 3 N–H and O–H groups in total. The van der Waals surface area contributed by atoms with Crippen LogP contribution in [0, 0.1) is 5.92 Å².